The Morgan fingerprint density at radius 3 is 2.22 bits per heavy atom. The lowest BCUT2D eigenvalue weighted by Gasteiger charge is -2.08. The van der Waals surface area contributed by atoms with Crippen LogP contribution in [0.4, 0.5) is 0 Å². The highest BCUT2D eigenvalue weighted by molar-refractivity contribution is 5.90. The highest BCUT2D eigenvalue weighted by atomic mass is 16.5. The van der Waals surface area contributed by atoms with E-state index >= 15 is 0 Å². The molecule has 0 saturated carbocycles. The Labute approximate surface area is 104 Å². The zero-order chi connectivity index (χ0) is 13.0. The topological polar surface area (TPSA) is 55.8 Å². The van der Waals surface area contributed by atoms with Gasteiger partial charge in [0.05, 0.1) is 7.11 Å². The molecule has 2 rings (SSSR count). The molecule has 0 spiro atoms. The van der Waals surface area contributed by atoms with Crippen molar-refractivity contribution in [1.29, 1.82) is 0 Å². The molecule has 0 amide bonds. The van der Waals surface area contributed by atoms with Crippen LogP contribution in [0.25, 0.3) is 0 Å². The molecule has 2 aromatic rings. The van der Waals surface area contributed by atoms with Crippen LogP contribution in [0.5, 0.6) is 17.2 Å². The summed E-state index contributed by atoms with van der Waals surface area (Å²) in [5.41, 5.74) is 0.133. The highest BCUT2D eigenvalue weighted by Crippen LogP contribution is 2.26. The van der Waals surface area contributed by atoms with Gasteiger partial charge in [-0.2, -0.15) is 0 Å². The molecule has 4 nitrogen and oxygen atoms in total. The lowest BCUT2D eigenvalue weighted by Crippen LogP contribution is -1.99. The molecule has 0 radical (unpaired) electrons. The molecule has 92 valence electrons. The van der Waals surface area contributed by atoms with Gasteiger partial charge >= 0.3 is 5.97 Å². The first-order valence-electron chi connectivity index (χ1n) is 5.35. The van der Waals surface area contributed by atoms with Crippen LogP contribution in [0.3, 0.4) is 0 Å². The van der Waals surface area contributed by atoms with Gasteiger partial charge in [0.1, 0.15) is 22.8 Å². The average molecular weight is 244 g/mol. The lowest BCUT2D eigenvalue weighted by molar-refractivity contribution is 0.0694. The van der Waals surface area contributed by atoms with E-state index in [1.807, 2.05) is 0 Å². The van der Waals surface area contributed by atoms with Crippen LogP contribution >= 0.6 is 0 Å². The van der Waals surface area contributed by atoms with Crippen LogP contribution in [-0.2, 0) is 0 Å². The molecule has 0 aliphatic carbocycles. The Kier molecular flexibility index (Phi) is 3.48. The second-order valence-electron chi connectivity index (χ2n) is 3.58. The third-order valence-electron chi connectivity index (χ3n) is 2.40. The zero-order valence-corrected chi connectivity index (χ0v) is 9.79. The predicted molar refractivity (Wildman–Crippen MR) is 66.5 cm³/mol. The predicted octanol–water partition coefficient (Wildman–Crippen LogP) is 3.19. The normalized spacial score (nSPS) is 9.83. The molecule has 0 atom stereocenters. The summed E-state index contributed by atoms with van der Waals surface area (Å²) in [4.78, 5) is 11.0. The van der Waals surface area contributed by atoms with Crippen LogP contribution in [0, 0.1) is 0 Å². The lowest BCUT2D eigenvalue weighted by atomic mass is 10.2. The smallest absolute Gasteiger partial charge is 0.339 e. The van der Waals surface area contributed by atoms with Gasteiger partial charge in [-0.05, 0) is 36.4 Å². The fourth-order valence-electron chi connectivity index (χ4n) is 1.50. The monoisotopic (exact) mass is 244 g/mol. The number of carboxylic acid groups (broad SMARTS) is 1. The molecular weight excluding hydrogens is 232 g/mol. The first-order chi connectivity index (χ1) is 8.70. The van der Waals surface area contributed by atoms with Crippen molar-refractivity contribution in [1.82, 2.24) is 0 Å². The molecule has 0 heterocycles. The molecule has 0 aliphatic heterocycles. The molecule has 1 N–H and O–H groups in total. The average Bonchev–Trinajstić information content (AvgIpc) is 2.40. The quantitative estimate of drug-likeness (QED) is 0.897. The second kappa shape index (κ2) is 5.23. The Bertz CT molecular complexity index is 546. The number of ether oxygens (including phenoxy) is 2. The van der Waals surface area contributed by atoms with Crippen molar-refractivity contribution in [2.75, 3.05) is 7.11 Å². The number of rotatable bonds is 4. The van der Waals surface area contributed by atoms with E-state index in [0.717, 1.165) is 0 Å². The van der Waals surface area contributed by atoms with Crippen molar-refractivity contribution in [3.8, 4) is 17.2 Å². The van der Waals surface area contributed by atoms with Crippen molar-refractivity contribution in [2.24, 2.45) is 0 Å². The Morgan fingerprint density at radius 1 is 1.00 bits per heavy atom. The molecule has 18 heavy (non-hydrogen) atoms. The fraction of sp³-hybridized carbons (Fsp3) is 0.0714. The van der Waals surface area contributed by atoms with Gasteiger partial charge in [0.25, 0.3) is 0 Å². The molecular formula is C14H12O4. The minimum absolute atomic E-state index is 0.133. The highest BCUT2D eigenvalue weighted by Gasteiger charge is 2.10. The van der Waals surface area contributed by atoms with Crippen molar-refractivity contribution in [3.63, 3.8) is 0 Å². The van der Waals surface area contributed by atoms with E-state index in [2.05, 4.69) is 0 Å². The first-order valence-corrected chi connectivity index (χ1v) is 5.35. The van der Waals surface area contributed by atoms with Crippen molar-refractivity contribution in [3.05, 3.63) is 54.1 Å². The number of carboxylic acids is 1. The Morgan fingerprint density at radius 2 is 1.61 bits per heavy atom. The largest absolute Gasteiger partial charge is 0.497 e. The van der Waals surface area contributed by atoms with Gasteiger partial charge < -0.3 is 14.6 Å². The van der Waals surface area contributed by atoms with Gasteiger partial charge in [-0.15, -0.1) is 0 Å². The van der Waals surface area contributed by atoms with Crippen LogP contribution in [0.15, 0.2) is 48.5 Å². The Hall–Kier alpha value is -2.49. The molecule has 4 heteroatoms. The number of aromatic carboxylic acids is 1. The van der Waals surface area contributed by atoms with Crippen molar-refractivity contribution in [2.45, 2.75) is 0 Å². The van der Waals surface area contributed by atoms with Gasteiger partial charge in [0.15, 0.2) is 0 Å². The van der Waals surface area contributed by atoms with Crippen LogP contribution in [-0.4, -0.2) is 18.2 Å². The standard InChI is InChI=1S/C14H12O4/c1-17-10-6-8-11(9-7-10)18-13-5-3-2-4-12(13)14(15)16/h2-9H,1H3,(H,15,16). The van der Waals surface area contributed by atoms with E-state index in [1.165, 1.54) is 6.07 Å². The molecule has 0 unspecified atom stereocenters. The Balaban J connectivity index is 2.25. The fourth-order valence-corrected chi connectivity index (χ4v) is 1.50. The number of methoxy groups -OCH3 is 1. The van der Waals surface area contributed by atoms with Gasteiger partial charge in [-0.25, -0.2) is 4.79 Å². The molecule has 0 aromatic heterocycles. The van der Waals surface area contributed by atoms with Crippen molar-refractivity contribution >= 4 is 5.97 Å². The van der Waals surface area contributed by atoms with E-state index < -0.39 is 5.97 Å². The number of para-hydroxylation sites is 1. The maximum absolute atomic E-state index is 11.0. The van der Waals surface area contributed by atoms with E-state index in [1.54, 1.807) is 49.6 Å². The molecule has 0 aliphatic rings. The summed E-state index contributed by atoms with van der Waals surface area (Å²) in [6, 6.07) is 13.4. The van der Waals surface area contributed by atoms with Crippen LogP contribution in [0.2, 0.25) is 0 Å². The summed E-state index contributed by atoms with van der Waals surface area (Å²) < 4.78 is 10.6. The van der Waals surface area contributed by atoms with Gasteiger partial charge in [0, 0.05) is 0 Å². The van der Waals surface area contributed by atoms with Crippen LogP contribution in [0.1, 0.15) is 10.4 Å². The number of benzene rings is 2. The summed E-state index contributed by atoms with van der Waals surface area (Å²) in [5.74, 6) is 0.577. The summed E-state index contributed by atoms with van der Waals surface area (Å²) in [6.45, 7) is 0. The number of hydrogen-bond acceptors (Lipinski definition) is 3. The SMILES string of the molecule is COc1ccc(Oc2ccccc2C(=O)O)cc1. The second-order valence-corrected chi connectivity index (χ2v) is 3.58. The summed E-state index contributed by atoms with van der Waals surface area (Å²) in [5, 5.41) is 9.03. The number of carbonyl (C=O) groups is 1. The molecule has 0 saturated heterocycles. The minimum atomic E-state index is -1.01. The third-order valence-corrected chi connectivity index (χ3v) is 2.40. The summed E-state index contributed by atoms with van der Waals surface area (Å²) in [6.07, 6.45) is 0. The third kappa shape index (κ3) is 2.60. The van der Waals surface area contributed by atoms with E-state index in [-0.39, 0.29) is 5.56 Å². The number of hydrogen-bond donors (Lipinski definition) is 1. The van der Waals surface area contributed by atoms with Crippen LogP contribution < -0.4 is 9.47 Å². The van der Waals surface area contributed by atoms with E-state index in [0.29, 0.717) is 17.2 Å². The summed E-state index contributed by atoms with van der Waals surface area (Å²) in [7, 11) is 1.58. The molecule has 2 aromatic carbocycles. The van der Waals surface area contributed by atoms with Crippen molar-refractivity contribution < 1.29 is 19.4 Å². The summed E-state index contributed by atoms with van der Waals surface area (Å²) >= 11 is 0. The van der Waals surface area contributed by atoms with E-state index in [9.17, 15) is 4.79 Å². The van der Waals surface area contributed by atoms with Gasteiger partial charge in [-0.1, -0.05) is 12.1 Å². The van der Waals surface area contributed by atoms with Gasteiger partial charge in [-0.3, -0.25) is 0 Å². The zero-order valence-electron chi connectivity index (χ0n) is 9.79. The van der Waals surface area contributed by atoms with E-state index in [4.69, 9.17) is 14.6 Å². The first kappa shape index (κ1) is 12.0. The van der Waals surface area contributed by atoms with Gasteiger partial charge in [0.2, 0.25) is 0 Å². The maximum Gasteiger partial charge on any atom is 0.339 e. The molecule has 0 bridgehead atoms. The minimum Gasteiger partial charge on any atom is -0.497 e. The molecule has 0 fully saturated rings. The maximum atomic E-state index is 11.0.